The van der Waals surface area contributed by atoms with E-state index < -0.39 is 0 Å². The summed E-state index contributed by atoms with van der Waals surface area (Å²) in [7, 11) is 0. The number of rotatable bonds is 4. The predicted octanol–water partition coefficient (Wildman–Crippen LogP) is -0.0284. The van der Waals surface area contributed by atoms with Gasteiger partial charge in [0.25, 0.3) is 0 Å². The quantitative estimate of drug-likeness (QED) is 0.707. The maximum Gasteiger partial charge on any atom is 0.348 e. The fraction of sp³-hybridized carbons (Fsp3) is 0.545. The second-order valence-electron chi connectivity index (χ2n) is 4.54. The predicted molar refractivity (Wildman–Crippen MR) is 67.7 cm³/mol. The van der Waals surface area contributed by atoms with Crippen LogP contribution >= 0.6 is 0 Å². The number of nitrogens with one attached hydrogen (secondary N) is 3. The SMILES string of the molecule is O=c1[nH]nc2cc(NCC[C@H]3CCCN3)ncn12. The summed E-state index contributed by atoms with van der Waals surface area (Å²) in [6.45, 7) is 2.00. The Morgan fingerprint density at radius 3 is 3.33 bits per heavy atom. The van der Waals surface area contributed by atoms with Crippen molar-refractivity contribution in [2.45, 2.75) is 25.3 Å². The van der Waals surface area contributed by atoms with Crippen molar-refractivity contribution in [2.75, 3.05) is 18.4 Å². The van der Waals surface area contributed by atoms with Crippen molar-refractivity contribution in [2.24, 2.45) is 0 Å². The van der Waals surface area contributed by atoms with Crippen LogP contribution in [0.4, 0.5) is 5.82 Å². The molecule has 1 aliphatic heterocycles. The van der Waals surface area contributed by atoms with Crippen molar-refractivity contribution in [1.29, 1.82) is 0 Å². The lowest BCUT2D eigenvalue weighted by Crippen LogP contribution is -2.24. The summed E-state index contributed by atoms with van der Waals surface area (Å²) in [5.41, 5.74) is 0.315. The topological polar surface area (TPSA) is 87.1 Å². The van der Waals surface area contributed by atoms with Crippen LogP contribution in [0.2, 0.25) is 0 Å². The van der Waals surface area contributed by atoms with Crippen molar-refractivity contribution in [1.82, 2.24) is 24.9 Å². The van der Waals surface area contributed by atoms with E-state index in [0.717, 1.165) is 25.3 Å². The molecule has 18 heavy (non-hydrogen) atoms. The van der Waals surface area contributed by atoms with Crippen molar-refractivity contribution < 1.29 is 0 Å². The second kappa shape index (κ2) is 4.77. The fourth-order valence-corrected chi connectivity index (χ4v) is 2.28. The van der Waals surface area contributed by atoms with Gasteiger partial charge in [0.2, 0.25) is 0 Å². The number of aromatic amines is 1. The number of anilines is 1. The molecule has 1 fully saturated rings. The van der Waals surface area contributed by atoms with E-state index in [0.29, 0.717) is 11.7 Å². The van der Waals surface area contributed by atoms with Crippen molar-refractivity contribution in [3.05, 3.63) is 22.9 Å². The fourth-order valence-electron chi connectivity index (χ4n) is 2.28. The van der Waals surface area contributed by atoms with Gasteiger partial charge in [-0.25, -0.2) is 19.3 Å². The normalized spacial score (nSPS) is 19.4. The van der Waals surface area contributed by atoms with E-state index in [1.807, 2.05) is 0 Å². The van der Waals surface area contributed by atoms with E-state index in [2.05, 4.69) is 25.8 Å². The number of fused-ring (bicyclic) bond motifs is 1. The zero-order valence-corrected chi connectivity index (χ0v) is 10.0. The van der Waals surface area contributed by atoms with E-state index in [1.54, 1.807) is 6.07 Å². The molecule has 7 heteroatoms. The van der Waals surface area contributed by atoms with E-state index in [4.69, 9.17) is 0 Å². The first-order chi connectivity index (χ1) is 8.83. The average molecular weight is 248 g/mol. The lowest BCUT2D eigenvalue weighted by Gasteiger charge is -2.10. The largest absolute Gasteiger partial charge is 0.370 e. The van der Waals surface area contributed by atoms with Crippen molar-refractivity contribution in [3.8, 4) is 0 Å². The maximum atomic E-state index is 11.3. The van der Waals surface area contributed by atoms with Crippen LogP contribution in [-0.2, 0) is 0 Å². The van der Waals surface area contributed by atoms with Crippen LogP contribution in [-0.4, -0.2) is 38.7 Å². The molecule has 3 rings (SSSR count). The first-order valence-corrected chi connectivity index (χ1v) is 6.23. The molecule has 96 valence electrons. The Bertz CT molecular complexity index is 582. The first-order valence-electron chi connectivity index (χ1n) is 6.23. The van der Waals surface area contributed by atoms with Gasteiger partial charge in [0.1, 0.15) is 12.1 Å². The highest BCUT2D eigenvalue weighted by Gasteiger charge is 2.13. The molecule has 0 saturated carbocycles. The molecule has 0 spiro atoms. The van der Waals surface area contributed by atoms with Gasteiger partial charge in [0.15, 0.2) is 5.65 Å². The maximum absolute atomic E-state index is 11.3. The van der Waals surface area contributed by atoms with Gasteiger partial charge in [-0.15, -0.1) is 0 Å². The third-order valence-corrected chi connectivity index (χ3v) is 3.27. The minimum absolute atomic E-state index is 0.265. The Morgan fingerprint density at radius 2 is 2.50 bits per heavy atom. The van der Waals surface area contributed by atoms with Gasteiger partial charge in [-0.3, -0.25) is 0 Å². The van der Waals surface area contributed by atoms with Crippen LogP contribution in [0.3, 0.4) is 0 Å². The van der Waals surface area contributed by atoms with Gasteiger partial charge in [0.05, 0.1) is 0 Å². The van der Waals surface area contributed by atoms with Crippen LogP contribution in [0.1, 0.15) is 19.3 Å². The number of hydrogen-bond donors (Lipinski definition) is 3. The van der Waals surface area contributed by atoms with Gasteiger partial charge >= 0.3 is 5.69 Å². The highest BCUT2D eigenvalue weighted by atomic mass is 16.1. The van der Waals surface area contributed by atoms with Crippen molar-refractivity contribution >= 4 is 11.5 Å². The van der Waals surface area contributed by atoms with Crippen molar-refractivity contribution in [3.63, 3.8) is 0 Å². The van der Waals surface area contributed by atoms with Crippen LogP contribution in [0.5, 0.6) is 0 Å². The Balaban J connectivity index is 1.62. The van der Waals surface area contributed by atoms with Gasteiger partial charge in [-0.2, -0.15) is 5.10 Å². The third kappa shape index (κ3) is 2.21. The number of aromatic nitrogens is 4. The summed E-state index contributed by atoms with van der Waals surface area (Å²) in [4.78, 5) is 15.4. The lowest BCUT2D eigenvalue weighted by atomic mass is 10.1. The molecule has 2 aromatic heterocycles. The Morgan fingerprint density at radius 1 is 1.56 bits per heavy atom. The summed E-state index contributed by atoms with van der Waals surface area (Å²) >= 11 is 0. The van der Waals surface area contributed by atoms with Crippen LogP contribution in [0.25, 0.3) is 5.65 Å². The molecule has 0 amide bonds. The van der Waals surface area contributed by atoms with Gasteiger partial charge < -0.3 is 10.6 Å². The summed E-state index contributed by atoms with van der Waals surface area (Å²) in [6, 6.07) is 2.38. The molecular formula is C11H16N6O. The molecule has 0 bridgehead atoms. The highest BCUT2D eigenvalue weighted by Crippen LogP contribution is 2.09. The molecular weight excluding hydrogens is 232 g/mol. The molecule has 0 aliphatic carbocycles. The van der Waals surface area contributed by atoms with E-state index in [-0.39, 0.29) is 5.69 Å². The Hall–Kier alpha value is -1.89. The second-order valence-corrected chi connectivity index (χ2v) is 4.54. The molecule has 3 N–H and O–H groups in total. The van der Waals surface area contributed by atoms with Crippen LogP contribution < -0.4 is 16.3 Å². The summed E-state index contributed by atoms with van der Waals surface area (Å²) in [6.07, 6.45) is 5.09. The summed E-state index contributed by atoms with van der Waals surface area (Å²) < 4.78 is 1.38. The molecule has 7 nitrogen and oxygen atoms in total. The monoisotopic (exact) mass is 248 g/mol. The van der Waals surface area contributed by atoms with Gasteiger partial charge in [-0.1, -0.05) is 0 Å². The molecule has 0 radical (unpaired) electrons. The first kappa shape index (κ1) is 11.2. The number of nitrogens with zero attached hydrogens (tertiary/aromatic N) is 3. The summed E-state index contributed by atoms with van der Waals surface area (Å²) in [5, 5.41) is 13.0. The third-order valence-electron chi connectivity index (χ3n) is 3.27. The highest BCUT2D eigenvalue weighted by molar-refractivity contribution is 5.48. The standard InChI is InChI=1S/C11H16N6O/c18-11-16-15-10-6-9(14-7-17(10)11)13-5-3-8-2-1-4-12-8/h6-8,12-13H,1-5H2,(H,16,18)/t8-/m1/s1. The lowest BCUT2D eigenvalue weighted by molar-refractivity contribution is 0.574. The number of H-pyrrole nitrogens is 1. The minimum atomic E-state index is -0.265. The summed E-state index contributed by atoms with van der Waals surface area (Å²) in [5.74, 6) is 0.750. The molecule has 0 aromatic carbocycles. The van der Waals surface area contributed by atoms with Gasteiger partial charge in [0, 0.05) is 18.7 Å². The zero-order chi connectivity index (χ0) is 12.4. The molecule has 3 heterocycles. The molecule has 1 aliphatic rings. The molecule has 2 aromatic rings. The zero-order valence-electron chi connectivity index (χ0n) is 10.0. The Labute approximate surface area is 104 Å². The molecule has 1 saturated heterocycles. The van der Waals surface area contributed by atoms with Gasteiger partial charge in [-0.05, 0) is 25.8 Å². The van der Waals surface area contributed by atoms with E-state index >= 15 is 0 Å². The Kier molecular flexibility index (Phi) is 2.97. The van der Waals surface area contributed by atoms with Crippen LogP contribution in [0.15, 0.2) is 17.2 Å². The molecule has 1 atom stereocenters. The van der Waals surface area contributed by atoms with E-state index in [1.165, 1.54) is 23.6 Å². The van der Waals surface area contributed by atoms with E-state index in [9.17, 15) is 4.79 Å². The minimum Gasteiger partial charge on any atom is -0.370 e. The number of hydrogen-bond acceptors (Lipinski definition) is 5. The van der Waals surface area contributed by atoms with Crippen LogP contribution in [0, 0.1) is 0 Å². The molecule has 0 unspecified atom stereocenters. The smallest absolute Gasteiger partial charge is 0.348 e. The average Bonchev–Trinajstić information content (AvgIpc) is 3.00.